The standard InChI is InChI=1S/C11H22N2O4S.C8H16N2O.C3H6O3S/c1-4-11(14)12-7-5-8-13(2,3)9-6-10-18(15,16)17;1-4-8(11)9-6-5-7-10(2)3;4-7(5)3-1-2-6-7/h4H,1,5-10H2,2-3H3,(H-,12,14,15,16,17);4H,1,5-7H2,2-3H3,(H,9,11);1-3H2. The number of rotatable bonds is 14. The Morgan fingerprint density at radius 3 is 1.89 bits per heavy atom. The highest BCUT2D eigenvalue weighted by molar-refractivity contribution is 7.86. The average Bonchev–Trinajstić information content (AvgIpc) is 3.17. The molecule has 1 aliphatic rings. The normalized spacial score (nSPS) is 14.5. The van der Waals surface area contributed by atoms with Crippen LogP contribution in [0.1, 0.15) is 25.7 Å². The molecule has 0 spiro atoms. The Kier molecular flexibility index (Phi) is 19.5. The Hall–Kier alpha value is -1.84. The minimum absolute atomic E-state index is 0.0937. The maximum Gasteiger partial charge on any atom is 0.267 e. The summed E-state index contributed by atoms with van der Waals surface area (Å²) in [7, 11) is 0.788. The summed E-state index contributed by atoms with van der Waals surface area (Å²) in [5, 5.41) is 5.38. The molecule has 1 heterocycles. The fourth-order valence-electron chi connectivity index (χ4n) is 2.73. The third kappa shape index (κ3) is 26.8. The summed E-state index contributed by atoms with van der Waals surface area (Å²) >= 11 is 0. The first-order valence-electron chi connectivity index (χ1n) is 11.6. The molecule has 0 bridgehead atoms. The average molecular weight is 557 g/mol. The van der Waals surface area contributed by atoms with Crippen molar-refractivity contribution in [2.24, 2.45) is 0 Å². The molecule has 0 atom stereocenters. The molecule has 212 valence electrons. The van der Waals surface area contributed by atoms with Crippen molar-refractivity contribution < 1.29 is 39.6 Å². The lowest BCUT2D eigenvalue weighted by Crippen LogP contribution is -2.43. The maximum atomic E-state index is 10.9. The first-order valence-corrected chi connectivity index (χ1v) is 14.8. The van der Waals surface area contributed by atoms with Crippen molar-refractivity contribution >= 4 is 32.1 Å². The number of carbonyl (C=O) groups excluding carboxylic acids is 2. The minimum Gasteiger partial charge on any atom is -0.748 e. The second kappa shape index (κ2) is 19.3. The van der Waals surface area contributed by atoms with E-state index in [0.717, 1.165) is 32.5 Å². The predicted octanol–water partition coefficient (Wildman–Crippen LogP) is -0.333. The molecule has 1 rings (SSSR count). The lowest BCUT2D eigenvalue weighted by Gasteiger charge is -2.30. The van der Waals surface area contributed by atoms with E-state index in [1.165, 1.54) is 12.2 Å². The van der Waals surface area contributed by atoms with Crippen LogP contribution >= 0.6 is 0 Å². The van der Waals surface area contributed by atoms with Crippen LogP contribution < -0.4 is 10.6 Å². The summed E-state index contributed by atoms with van der Waals surface area (Å²) < 4.78 is 56.8. The van der Waals surface area contributed by atoms with Gasteiger partial charge in [0, 0.05) is 31.7 Å². The van der Waals surface area contributed by atoms with E-state index in [2.05, 4.69) is 32.9 Å². The second-order valence-corrected chi connectivity index (χ2v) is 12.2. The highest BCUT2D eigenvalue weighted by Crippen LogP contribution is 2.05. The van der Waals surface area contributed by atoms with Gasteiger partial charge in [0.25, 0.3) is 10.1 Å². The highest BCUT2D eigenvalue weighted by Gasteiger charge is 2.17. The molecule has 2 N–H and O–H groups in total. The van der Waals surface area contributed by atoms with Gasteiger partial charge in [0.05, 0.1) is 49.7 Å². The van der Waals surface area contributed by atoms with Gasteiger partial charge in [0.1, 0.15) is 0 Å². The number of carbonyl (C=O) groups is 2. The molecular weight excluding hydrogens is 512 g/mol. The molecule has 0 saturated carbocycles. The summed E-state index contributed by atoms with van der Waals surface area (Å²) in [5.74, 6) is -0.406. The lowest BCUT2D eigenvalue weighted by atomic mass is 10.3. The van der Waals surface area contributed by atoms with Gasteiger partial charge in [0.2, 0.25) is 11.8 Å². The fraction of sp³-hybridized carbons (Fsp3) is 0.727. The van der Waals surface area contributed by atoms with Crippen LogP contribution in [-0.4, -0.2) is 122 Å². The van der Waals surface area contributed by atoms with Crippen LogP contribution in [0.3, 0.4) is 0 Å². The van der Waals surface area contributed by atoms with Crippen LogP contribution in [0, 0.1) is 0 Å². The number of nitrogens with zero attached hydrogens (tertiary/aromatic N) is 2. The Labute approximate surface area is 217 Å². The van der Waals surface area contributed by atoms with Gasteiger partial charge in [0.15, 0.2) is 0 Å². The van der Waals surface area contributed by atoms with Crippen LogP contribution in [0.15, 0.2) is 25.3 Å². The van der Waals surface area contributed by atoms with E-state index in [9.17, 15) is 31.0 Å². The van der Waals surface area contributed by atoms with E-state index < -0.39 is 20.2 Å². The first kappa shape index (κ1) is 36.3. The van der Waals surface area contributed by atoms with Gasteiger partial charge in [-0.2, -0.15) is 8.42 Å². The molecule has 2 amide bonds. The fourth-order valence-corrected chi connectivity index (χ4v) is 4.18. The van der Waals surface area contributed by atoms with Gasteiger partial charge in [-0.25, -0.2) is 8.42 Å². The monoisotopic (exact) mass is 556 g/mol. The minimum atomic E-state index is -4.11. The summed E-state index contributed by atoms with van der Waals surface area (Å²) in [6.07, 6.45) is 5.29. The van der Waals surface area contributed by atoms with E-state index in [1.54, 1.807) is 0 Å². The molecule has 0 radical (unpaired) electrons. The van der Waals surface area contributed by atoms with Gasteiger partial charge in [-0.05, 0) is 45.6 Å². The third-order valence-electron chi connectivity index (χ3n) is 4.65. The quantitative estimate of drug-likeness (QED) is 0.0959. The van der Waals surface area contributed by atoms with E-state index in [4.69, 9.17) is 0 Å². The van der Waals surface area contributed by atoms with Gasteiger partial charge in [-0.15, -0.1) is 0 Å². The number of amides is 2. The molecule has 12 nitrogen and oxygen atoms in total. The molecule has 0 unspecified atom stereocenters. The Morgan fingerprint density at radius 2 is 1.53 bits per heavy atom. The largest absolute Gasteiger partial charge is 0.748 e. The van der Waals surface area contributed by atoms with Crippen molar-refractivity contribution in [2.45, 2.75) is 25.7 Å². The van der Waals surface area contributed by atoms with Gasteiger partial charge >= 0.3 is 0 Å². The van der Waals surface area contributed by atoms with Crippen LogP contribution in [0.5, 0.6) is 0 Å². The molecular formula is C22H44N4O8S2. The van der Waals surface area contributed by atoms with Crippen molar-refractivity contribution in [3.05, 3.63) is 25.3 Å². The number of hydrogen-bond acceptors (Lipinski definition) is 9. The Bertz CT molecular complexity index is 860. The lowest BCUT2D eigenvalue weighted by molar-refractivity contribution is -0.890. The van der Waals surface area contributed by atoms with E-state index in [-0.39, 0.29) is 23.3 Å². The molecule has 0 aromatic rings. The summed E-state index contributed by atoms with van der Waals surface area (Å²) in [6.45, 7) is 10.8. The Balaban J connectivity index is 0. The molecule has 1 aliphatic heterocycles. The van der Waals surface area contributed by atoms with E-state index in [1.807, 2.05) is 28.2 Å². The van der Waals surface area contributed by atoms with Crippen LogP contribution in [0.25, 0.3) is 0 Å². The highest BCUT2D eigenvalue weighted by atomic mass is 32.2. The van der Waals surface area contributed by atoms with Crippen molar-refractivity contribution in [2.75, 3.05) is 79.0 Å². The van der Waals surface area contributed by atoms with Crippen LogP contribution in [0.2, 0.25) is 0 Å². The SMILES string of the molecule is C=CC(=O)NCCCN(C)C.C=CC(=O)NCCC[N+](C)(C)CCCS(=O)(=O)[O-].O=S1(=O)CCCO1. The second-order valence-electron chi connectivity index (χ2n) is 8.94. The van der Waals surface area contributed by atoms with Crippen molar-refractivity contribution in [1.29, 1.82) is 0 Å². The van der Waals surface area contributed by atoms with Crippen LogP contribution in [0.4, 0.5) is 0 Å². The number of quaternary nitrogens is 1. The topological polar surface area (TPSA) is 162 Å². The maximum absolute atomic E-state index is 10.9. The van der Waals surface area contributed by atoms with Gasteiger partial charge in [-0.3, -0.25) is 13.8 Å². The molecule has 1 saturated heterocycles. The zero-order chi connectivity index (χ0) is 28.3. The molecule has 0 aromatic heterocycles. The van der Waals surface area contributed by atoms with E-state index in [0.29, 0.717) is 37.0 Å². The summed E-state index contributed by atoms with van der Waals surface area (Å²) in [6, 6.07) is 0. The van der Waals surface area contributed by atoms with E-state index >= 15 is 0 Å². The van der Waals surface area contributed by atoms with Crippen LogP contribution in [-0.2, 0) is 34.0 Å². The number of nitrogens with one attached hydrogen (secondary N) is 2. The molecule has 0 aliphatic carbocycles. The van der Waals surface area contributed by atoms with Crippen molar-refractivity contribution in [1.82, 2.24) is 15.5 Å². The number of hydrogen-bond donors (Lipinski definition) is 2. The van der Waals surface area contributed by atoms with Gasteiger partial charge in [-0.1, -0.05) is 13.2 Å². The zero-order valence-electron chi connectivity index (χ0n) is 22.0. The molecule has 0 aromatic carbocycles. The Morgan fingerprint density at radius 1 is 1.03 bits per heavy atom. The van der Waals surface area contributed by atoms with Crippen molar-refractivity contribution in [3.63, 3.8) is 0 Å². The van der Waals surface area contributed by atoms with Crippen molar-refractivity contribution in [3.8, 4) is 0 Å². The first-order chi connectivity index (χ1) is 16.5. The molecule has 1 fully saturated rings. The molecule has 36 heavy (non-hydrogen) atoms. The predicted molar refractivity (Wildman–Crippen MR) is 140 cm³/mol. The third-order valence-corrected chi connectivity index (χ3v) is 6.75. The molecule has 14 heteroatoms. The smallest absolute Gasteiger partial charge is 0.267 e. The zero-order valence-corrected chi connectivity index (χ0v) is 23.7. The summed E-state index contributed by atoms with van der Waals surface area (Å²) in [4.78, 5) is 23.6. The summed E-state index contributed by atoms with van der Waals surface area (Å²) in [5.41, 5.74) is 0. The van der Waals surface area contributed by atoms with Gasteiger partial charge < -0.3 is 24.6 Å².